The molecule has 0 aliphatic heterocycles. The molecule has 0 bridgehead atoms. The molecule has 0 saturated heterocycles. The second-order valence-electron chi connectivity index (χ2n) is 5.43. The molecule has 0 heterocycles. The number of carboxylic acids is 1. The Morgan fingerprint density at radius 3 is 2.63 bits per heavy atom. The number of hydrogen-bond donors (Lipinski definition) is 2. The average Bonchev–Trinajstić information content (AvgIpc) is 2.38. The van der Waals surface area contributed by atoms with Gasteiger partial charge in [-0.05, 0) is 43.2 Å². The number of aryl methyl sites for hydroxylation is 2. The van der Waals surface area contributed by atoms with E-state index >= 15 is 0 Å². The summed E-state index contributed by atoms with van der Waals surface area (Å²) in [7, 11) is 0. The zero-order chi connectivity index (χ0) is 14.3. The van der Waals surface area contributed by atoms with Crippen LogP contribution in [0, 0.1) is 18.8 Å². The summed E-state index contributed by atoms with van der Waals surface area (Å²) in [5.41, 5.74) is 8.21. The molecule has 0 radical (unpaired) electrons. The Hall–Kier alpha value is -1.35. The maximum absolute atomic E-state index is 10.9. The van der Waals surface area contributed by atoms with Crippen LogP contribution in [0.4, 0.5) is 0 Å². The van der Waals surface area contributed by atoms with Crippen LogP contribution in [0.2, 0.25) is 0 Å². The van der Waals surface area contributed by atoms with Gasteiger partial charge in [-0.2, -0.15) is 0 Å². The molecule has 0 aliphatic carbocycles. The lowest BCUT2D eigenvalue weighted by Crippen LogP contribution is -2.25. The van der Waals surface area contributed by atoms with Gasteiger partial charge < -0.3 is 10.8 Å². The monoisotopic (exact) mass is 263 g/mol. The predicted octanol–water partition coefficient (Wildman–Crippen LogP) is 3.00. The van der Waals surface area contributed by atoms with Crippen molar-refractivity contribution < 1.29 is 9.90 Å². The Bertz CT molecular complexity index is 403. The molecule has 19 heavy (non-hydrogen) atoms. The molecule has 1 aromatic rings. The molecule has 2 atom stereocenters. The lowest BCUT2D eigenvalue weighted by Gasteiger charge is -2.16. The van der Waals surface area contributed by atoms with Gasteiger partial charge in [-0.15, -0.1) is 0 Å². The van der Waals surface area contributed by atoms with Crippen LogP contribution < -0.4 is 5.73 Å². The van der Waals surface area contributed by atoms with Gasteiger partial charge in [-0.25, -0.2) is 0 Å². The van der Waals surface area contributed by atoms with E-state index < -0.39 is 11.9 Å². The molecule has 106 valence electrons. The fourth-order valence-corrected chi connectivity index (χ4v) is 2.43. The summed E-state index contributed by atoms with van der Waals surface area (Å²) in [6.45, 7) is 4.48. The van der Waals surface area contributed by atoms with Crippen molar-refractivity contribution in [2.75, 3.05) is 6.54 Å². The van der Waals surface area contributed by atoms with E-state index in [2.05, 4.69) is 38.1 Å². The Labute approximate surface area is 115 Å². The highest BCUT2D eigenvalue weighted by molar-refractivity contribution is 5.70. The van der Waals surface area contributed by atoms with Crippen LogP contribution in [0.3, 0.4) is 0 Å². The minimum atomic E-state index is -0.770. The number of hydrogen-bond acceptors (Lipinski definition) is 2. The van der Waals surface area contributed by atoms with Gasteiger partial charge in [0.1, 0.15) is 0 Å². The fraction of sp³-hybridized carbons (Fsp3) is 0.562. The average molecular weight is 263 g/mol. The standard InChI is InChI=1S/C16H25NO2/c1-12(10-15(11-17)16(18)19)6-5-9-14-8-4-3-7-13(14)2/h3-4,7-8,12,15H,5-6,9-11,17H2,1-2H3,(H,18,19). The molecular formula is C16H25NO2. The fourth-order valence-electron chi connectivity index (χ4n) is 2.43. The minimum absolute atomic E-state index is 0.234. The van der Waals surface area contributed by atoms with E-state index in [-0.39, 0.29) is 6.54 Å². The van der Waals surface area contributed by atoms with E-state index in [9.17, 15) is 4.79 Å². The summed E-state index contributed by atoms with van der Waals surface area (Å²) in [5, 5.41) is 8.98. The summed E-state index contributed by atoms with van der Waals surface area (Å²) in [4.78, 5) is 10.9. The van der Waals surface area contributed by atoms with Gasteiger partial charge >= 0.3 is 5.97 Å². The van der Waals surface area contributed by atoms with Crippen LogP contribution in [-0.4, -0.2) is 17.6 Å². The van der Waals surface area contributed by atoms with Crippen molar-refractivity contribution >= 4 is 5.97 Å². The van der Waals surface area contributed by atoms with E-state index in [4.69, 9.17) is 10.8 Å². The Kier molecular flexibility index (Phi) is 6.57. The molecule has 3 heteroatoms. The zero-order valence-electron chi connectivity index (χ0n) is 11.9. The van der Waals surface area contributed by atoms with Crippen LogP contribution in [0.15, 0.2) is 24.3 Å². The van der Waals surface area contributed by atoms with Crippen LogP contribution >= 0.6 is 0 Å². The summed E-state index contributed by atoms with van der Waals surface area (Å²) >= 11 is 0. The largest absolute Gasteiger partial charge is 0.481 e. The van der Waals surface area contributed by atoms with E-state index in [1.54, 1.807) is 0 Å². The summed E-state index contributed by atoms with van der Waals surface area (Å²) in [5.74, 6) is -0.754. The Morgan fingerprint density at radius 1 is 1.37 bits per heavy atom. The molecule has 3 nitrogen and oxygen atoms in total. The number of benzene rings is 1. The summed E-state index contributed by atoms with van der Waals surface area (Å²) in [6, 6.07) is 8.42. The maximum atomic E-state index is 10.9. The molecule has 1 rings (SSSR count). The maximum Gasteiger partial charge on any atom is 0.307 e. The second kappa shape index (κ2) is 7.95. The van der Waals surface area contributed by atoms with E-state index in [0.29, 0.717) is 12.3 Å². The summed E-state index contributed by atoms with van der Waals surface area (Å²) < 4.78 is 0. The van der Waals surface area contributed by atoms with Crippen molar-refractivity contribution in [1.29, 1.82) is 0 Å². The van der Waals surface area contributed by atoms with Crippen LogP contribution in [-0.2, 0) is 11.2 Å². The van der Waals surface area contributed by atoms with E-state index in [1.807, 2.05) is 0 Å². The Morgan fingerprint density at radius 2 is 2.05 bits per heavy atom. The molecular weight excluding hydrogens is 238 g/mol. The Balaban J connectivity index is 2.33. The van der Waals surface area contributed by atoms with Gasteiger partial charge in [0.15, 0.2) is 0 Å². The van der Waals surface area contributed by atoms with Gasteiger partial charge in [0.2, 0.25) is 0 Å². The van der Waals surface area contributed by atoms with Crippen LogP contribution in [0.25, 0.3) is 0 Å². The molecule has 3 N–H and O–H groups in total. The number of aliphatic carboxylic acids is 1. The van der Waals surface area contributed by atoms with Crippen molar-refractivity contribution in [3.63, 3.8) is 0 Å². The van der Waals surface area contributed by atoms with Crippen molar-refractivity contribution in [2.24, 2.45) is 17.6 Å². The number of nitrogens with two attached hydrogens (primary N) is 1. The highest BCUT2D eigenvalue weighted by atomic mass is 16.4. The van der Waals surface area contributed by atoms with Gasteiger partial charge in [0.05, 0.1) is 5.92 Å². The first-order valence-electron chi connectivity index (χ1n) is 7.02. The molecule has 1 aromatic carbocycles. The smallest absolute Gasteiger partial charge is 0.307 e. The third-order valence-corrected chi connectivity index (χ3v) is 3.72. The third-order valence-electron chi connectivity index (χ3n) is 3.72. The number of carbonyl (C=O) groups is 1. The van der Waals surface area contributed by atoms with Crippen molar-refractivity contribution in [3.05, 3.63) is 35.4 Å². The van der Waals surface area contributed by atoms with Gasteiger partial charge in [-0.1, -0.05) is 37.6 Å². The third kappa shape index (κ3) is 5.43. The first kappa shape index (κ1) is 15.7. The molecule has 2 unspecified atom stereocenters. The highest BCUT2D eigenvalue weighted by Gasteiger charge is 2.18. The topological polar surface area (TPSA) is 63.3 Å². The molecule has 0 amide bonds. The lowest BCUT2D eigenvalue weighted by atomic mass is 9.91. The minimum Gasteiger partial charge on any atom is -0.481 e. The molecule has 0 fully saturated rings. The predicted molar refractivity (Wildman–Crippen MR) is 78.1 cm³/mol. The zero-order valence-corrected chi connectivity index (χ0v) is 11.9. The quantitative estimate of drug-likeness (QED) is 0.758. The second-order valence-corrected chi connectivity index (χ2v) is 5.43. The van der Waals surface area contributed by atoms with Crippen LogP contribution in [0.1, 0.15) is 37.3 Å². The van der Waals surface area contributed by atoms with Crippen molar-refractivity contribution in [3.8, 4) is 0 Å². The van der Waals surface area contributed by atoms with Gasteiger partial charge in [0.25, 0.3) is 0 Å². The summed E-state index contributed by atoms with van der Waals surface area (Å²) in [6.07, 6.45) is 3.90. The highest BCUT2D eigenvalue weighted by Crippen LogP contribution is 2.19. The van der Waals surface area contributed by atoms with Gasteiger partial charge in [-0.3, -0.25) is 4.79 Å². The number of rotatable bonds is 8. The first-order chi connectivity index (χ1) is 9.04. The first-order valence-corrected chi connectivity index (χ1v) is 7.02. The number of carboxylic acid groups (broad SMARTS) is 1. The van der Waals surface area contributed by atoms with E-state index in [0.717, 1.165) is 19.3 Å². The molecule has 0 saturated carbocycles. The molecule has 0 aromatic heterocycles. The SMILES string of the molecule is Cc1ccccc1CCCC(C)CC(CN)C(=O)O. The van der Waals surface area contributed by atoms with Crippen molar-refractivity contribution in [2.45, 2.75) is 39.5 Å². The van der Waals surface area contributed by atoms with Crippen molar-refractivity contribution in [1.82, 2.24) is 0 Å². The lowest BCUT2D eigenvalue weighted by molar-refractivity contribution is -0.141. The molecule has 0 aliphatic rings. The van der Waals surface area contributed by atoms with E-state index in [1.165, 1.54) is 11.1 Å². The van der Waals surface area contributed by atoms with Crippen LogP contribution in [0.5, 0.6) is 0 Å². The normalized spacial score (nSPS) is 14.1. The van der Waals surface area contributed by atoms with Gasteiger partial charge in [0, 0.05) is 6.54 Å². The molecule has 0 spiro atoms.